The summed E-state index contributed by atoms with van der Waals surface area (Å²) < 4.78 is 1.33. The van der Waals surface area contributed by atoms with E-state index in [4.69, 9.17) is 5.73 Å². The lowest BCUT2D eigenvalue weighted by molar-refractivity contribution is -0.118. The molecule has 0 unspecified atom stereocenters. The van der Waals surface area contributed by atoms with Gasteiger partial charge in [0.1, 0.15) is 5.82 Å². The fourth-order valence-corrected chi connectivity index (χ4v) is 4.65. The zero-order chi connectivity index (χ0) is 25.5. The Labute approximate surface area is 211 Å². The molecule has 1 aliphatic carbocycles. The van der Waals surface area contributed by atoms with E-state index in [0.29, 0.717) is 19.4 Å². The molecule has 3 aromatic rings. The number of carbonyl (C=O) groups is 1. The maximum absolute atomic E-state index is 13.5. The van der Waals surface area contributed by atoms with Crippen molar-refractivity contribution in [2.75, 3.05) is 17.2 Å². The second-order valence-corrected chi connectivity index (χ2v) is 9.45. The molecule has 0 spiro atoms. The van der Waals surface area contributed by atoms with E-state index in [1.165, 1.54) is 21.5 Å². The molecule has 7 heteroatoms. The van der Waals surface area contributed by atoms with Gasteiger partial charge in [0.05, 0.1) is 6.54 Å². The number of aromatic amines is 1. The number of benzene rings is 2. The summed E-state index contributed by atoms with van der Waals surface area (Å²) in [5, 5.41) is 0. The molecule has 1 amide bonds. The number of amides is 1. The quantitative estimate of drug-likeness (QED) is 0.440. The summed E-state index contributed by atoms with van der Waals surface area (Å²) in [6, 6.07) is 17.5. The number of rotatable bonds is 9. The molecule has 1 aliphatic rings. The standard InChI is InChI=1S/C29H34N4O3/c1-21-12-14-23(15-13-21)16-17-25(34)32(19-18-22-8-4-2-5-9-22)26-27(30)33(29(36)31-28(26)35)20-24-10-6-3-7-11-24/h3,6-8,10-15H,2,4-5,9,16-20,30H2,1H3,(H,31,35,36). The number of aromatic nitrogens is 2. The molecule has 188 valence electrons. The van der Waals surface area contributed by atoms with E-state index in [1.807, 2.05) is 61.5 Å². The fourth-order valence-electron chi connectivity index (χ4n) is 4.65. The zero-order valence-corrected chi connectivity index (χ0v) is 20.8. The maximum atomic E-state index is 13.5. The Hall–Kier alpha value is -3.87. The monoisotopic (exact) mass is 486 g/mol. The van der Waals surface area contributed by atoms with Gasteiger partial charge in [0.25, 0.3) is 5.56 Å². The number of nitrogens with zero attached hydrogens (tertiary/aromatic N) is 2. The van der Waals surface area contributed by atoms with Gasteiger partial charge in [-0.05, 0) is 56.6 Å². The smallest absolute Gasteiger partial charge is 0.330 e. The van der Waals surface area contributed by atoms with Gasteiger partial charge in [-0.1, -0.05) is 71.8 Å². The fraction of sp³-hybridized carbons (Fsp3) is 0.345. The second kappa shape index (κ2) is 11.7. The third-order valence-corrected chi connectivity index (χ3v) is 6.76. The molecule has 0 saturated carbocycles. The van der Waals surface area contributed by atoms with Gasteiger partial charge in [0.15, 0.2) is 5.69 Å². The number of nitrogens with two attached hydrogens (primary N) is 1. The Morgan fingerprint density at radius 1 is 1.00 bits per heavy atom. The van der Waals surface area contributed by atoms with Crippen molar-refractivity contribution in [3.05, 3.63) is 104 Å². The molecular weight excluding hydrogens is 452 g/mol. The molecule has 4 rings (SSSR count). The van der Waals surface area contributed by atoms with Gasteiger partial charge in [-0.15, -0.1) is 0 Å². The van der Waals surface area contributed by atoms with Gasteiger partial charge in [-0.2, -0.15) is 0 Å². The van der Waals surface area contributed by atoms with Crippen LogP contribution in [0.4, 0.5) is 11.5 Å². The number of anilines is 2. The Balaban J connectivity index is 1.65. The first kappa shape index (κ1) is 25.2. The molecule has 0 radical (unpaired) electrons. The molecule has 36 heavy (non-hydrogen) atoms. The number of hydrogen-bond acceptors (Lipinski definition) is 4. The summed E-state index contributed by atoms with van der Waals surface area (Å²) in [5.41, 5.74) is 9.64. The predicted octanol–water partition coefficient (Wildman–Crippen LogP) is 4.33. The molecule has 0 atom stereocenters. The summed E-state index contributed by atoms with van der Waals surface area (Å²) in [7, 11) is 0. The van der Waals surface area contributed by atoms with Crippen molar-refractivity contribution in [2.24, 2.45) is 0 Å². The highest BCUT2D eigenvalue weighted by Crippen LogP contribution is 2.24. The van der Waals surface area contributed by atoms with Crippen LogP contribution in [0, 0.1) is 6.92 Å². The van der Waals surface area contributed by atoms with Crippen molar-refractivity contribution in [1.29, 1.82) is 0 Å². The third-order valence-electron chi connectivity index (χ3n) is 6.76. The van der Waals surface area contributed by atoms with Crippen LogP contribution in [0.15, 0.2) is 75.8 Å². The summed E-state index contributed by atoms with van der Waals surface area (Å²) >= 11 is 0. The number of hydrogen-bond donors (Lipinski definition) is 2. The van der Waals surface area contributed by atoms with Gasteiger partial charge < -0.3 is 10.6 Å². The predicted molar refractivity (Wildman–Crippen MR) is 144 cm³/mol. The van der Waals surface area contributed by atoms with Crippen LogP contribution in [0.1, 0.15) is 55.2 Å². The van der Waals surface area contributed by atoms with E-state index in [9.17, 15) is 14.4 Å². The zero-order valence-electron chi connectivity index (χ0n) is 20.8. The van der Waals surface area contributed by atoms with Crippen molar-refractivity contribution in [3.8, 4) is 0 Å². The highest BCUT2D eigenvalue weighted by molar-refractivity contribution is 5.95. The Bertz CT molecular complexity index is 1340. The Kier molecular flexibility index (Phi) is 8.21. The first-order valence-electron chi connectivity index (χ1n) is 12.6. The topological polar surface area (TPSA) is 101 Å². The van der Waals surface area contributed by atoms with Crippen LogP contribution in [0.25, 0.3) is 0 Å². The number of carbonyl (C=O) groups excluding carboxylic acids is 1. The van der Waals surface area contributed by atoms with E-state index < -0.39 is 11.2 Å². The number of aryl methyl sites for hydroxylation is 2. The van der Waals surface area contributed by atoms with Crippen LogP contribution in [-0.2, 0) is 17.8 Å². The minimum atomic E-state index is -0.636. The average Bonchev–Trinajstić information content (AvgIpc) is 2.89. The summed E-state index contributed by atoms with van der Waals surface area (Å²) in [5.74, 6) is -0.178. The van der Waals surface area contributed by atoms with Crippen LogP contribution in [-0.4, -0.2) is 22.0 Å². The van der Waals surface area contributed by atoms with Gasteiger partial charge in [-0.3, -0.25) is 19.1 Å². The van der Waals surface area contributed by atoms with Crippen molar-refractivity contribution < 1.29 is 4.79 Å². The lowest BCUT2D eigenvalue weighted by Gasteiger charge is -2.26. The highest BCUT2D eigenvalue weighted by atomic mass is 16.2. The minimum Gasteiger partial charge on any atom is -0.383 e. The molecule has 0 aliphatic heterocycles. The lowest BCUT2D eigenvalue weighted by atomic mass is 9.97. The summed E-state index contributed by atoms with van der Waals surface area (Å²) in [6.45, 7) is 2.57. The lowest BCUT2D eigenvalue weighted by Crippen LogP contribution is -2.42. The molecular formula is C29H34N4O3. The first-order chi connectivity index (χ1) is 17.4. The van der Waals surface area contributed by atoms with E-state index in [-0.39, 0.29) is 30.4 Å². The van der Waals surface area contributed by atoms with Crippen LogP contribution in [0.2, 0.25) is 0 Å². The number of allylic oxidation sites excluding steroid dienone is 1. The van der Waals surface area contributed by atoms with Crippen molar-refractivity contribution in [2.45, 2.75) is 58.4 Å². The Morgan fingerprint density at radius 3 is 2.44 bits per heavy atom. The van der Waals surface area contributed by atoms with Crippen LogP contribution in [0.3, 0.4) is 0 Å². The average molecular weight is 487 g/mol. The minimum absolute atomic E-state index is 0.00825. The third kappa shape index (κ3) is 6.22. The van der Waals surface area contributed by atoms with Crippen LogP contribution < -0.4 is 21.9 Å². The van der Waals surface area contributed by atoms with Crippen molar-refractivity contribution in [1.82, 2.24) is 9.55 Å². The molecule has 0 saturated heterocycles. The van der Waals surface area contributed by atoms with Crippen LogP contribution >= 0.6 is 0 Å². The molecule has 2 aromatic carbocycles. The maximum Gasteiger partial charge on any atom is 0.330 e. The molecule has 1 heterocycles. The van der Waals surface area contributed by atoms with Gasteiger partial charge in [-0.25, -0.2) is 4.79 Å². The number of nitrogens with one attached hydrogen (secondary N) is 1. The normalized spacial score (nSPS) is 13.3. The number of H-pyrrole nitrogens is 1. The molecule has 0 fully saturated rings. The molecule has 7 nitrogen and oxygen atoms in total. The highest BCUT2D eigenvalue weighted by Gasteiger charge is 2.24. The SMILES string of the molecule is Cc1ccc(CCC(=O)N(CCC2=CCCCC2)c2c(N)n(Cc3ccccc3)c(=O)[nH]c2=O)cc1. The number of nitrogen functional groups attached to an aromatic ring is 1. The van der Waals surface area contributed by atoms with Gasteiger partial charge >= 0.3 is 5.69 Å². The Morgan fingerprint density at radius 2 is 1.75 bits per heavy atom. The van der Waals surface area contributed by atoms with E-state index >= 15 is 0 Å². The molecule has 3 N–H and O–H groups in total. The van der Waals surface area contributed by atoms with E-state index in [0.717, 1.165) is 36.0 Å². The summed E-state index contributed by atoms with van der Waals surface area (Å²) in [6.07, 6.45) is 8.07. The van der Waals surface area contributed by atoms with Crippen LogP contribution in [0.5, 0.6) is 0 Å². The van der Waals surface area contributed by atoms with Gasteiger partial charge in [0, 0.05) is 13.0 Å². The van der Waals surface area contributed by atoms with Crippen molar-refractivity contribution in [3.63, 3.8) is 0 Å². The van der Waals surface area contributed by atoms with Gasteiger partial charge in [0.2, 0.25) is 5.91 Å². The summed E-state index contributed by atoms with van der Waals surface area (Å²) in [4.78, 5) is 43.1. The molecule has 0 bridgehead atoms. The first-order valence-corrected chi connectivity index (χ1v) is 12.6. The second-order valence-electron chi connectivity index (χ2n) is 9.45. The largest absolute Gasteiger partial charge is 0.383 e. The van der Waals surface area contributed by atoms with Crippen molar-refractivity contribution >= 4 is 17.4 Å². The molecule has 1 aromatic heterocycles. The van der Waals surface area contributed by atoms with E-state index in [2.05, 4.69) is 11.1 Å². The van der Waals surface area contributed by atoms with E-state index in [1.54, 1.807) is 0 Å².